The lowest BCUT2D eigenvalue weighted by atomic mass is 9.55. The summed E-state index contributed by atoms with van der Waals surface area (Å²) < 4.78 is 11.6. The van der Waals surface area contributed by atoms with Gasteiger partial charge in [0.1, 0.15) is 12.4 Å². The van der Waals surface area contributed by atoms with Gasteiger partial charge in [-0.25, -0.2) is 4.79 Å². The zero-order chi connectivity index (χ0) is 23.7. The highest BCUT2D eigenvalue weighted by Crippen LogP contribution is 2.63. The Bertz CT molecular complexity index is 1070. The van der Waals surface area contributed by atoms with Crippen LogP contribution in [-0.2, 0) is 29.0 Å². The smallest absolute Gasteiger partial charge is 0.330 e. The number of carbonyl (C=O) groups excluding carboxylic acids is 1. The molecule has 4 unspecified atom stereocenters. The number of esters is 1. The summed E-state index contributed by atoms with van der Waals surface area (Å²) in [6.07, 6.45) is 9.81. The molecular formula is C31H38O3. The number of aryl methyl sites for hydroxylation is 2. The number of rotatable bonds is 6. The molecule has 2 saturated carbocycles. The molecule has 3 heteroatoms. The minimum absolute atomic E-state index is 0.151. The molecule has 34 heavy (non-hydrogen) atoms. The summed E-state index contributed by atoms with van der Waals surface area (Å²) in [7, 11) is 0. The van der Waals surface area contributed by atoms with E-state index in [1.165, 1.54) is 41.5 Å². The number of fused-ring (bicyclic) bond motifs is 5. The summed E-state index contributed by atoms with van der Waals surface area (Å²) in [6.45, 7) is 7.59. The summed E-state index contributed by atoms with van der Waals surface area (Å²) in [5.41, 5.74) is 7.09. The second-order valence-electron chi connectivity index (χ2n) is 10.6. The van der Waals surface area contributed by atoms with Gasteiger partial charge in [-0.1, -0.05) is 55.8 Å². The molecule has 3 aliphatic rings. The molecule has 2 aromatic rings. The van der Waals surface area contributed by atoms with E-state index in [0.717, 1.165) is 31.4 Å². The molecule has 0 N–H and O–H groups in total. The predicted molar refractivity (Wildman–Crippen MR) is 136 cm³/mol. The van der Waals surface area contributed by atoms with Crippen molar-refractivity contribution in [3.8, 4) is 5.75 Å². The van der Waals surface area contributed by atoms with Gasteiger partial charge < -0.3 is 9.47 Å². The number of hydrogen-bond donors (Lipinski definition) is 0. The SMILES string of the molecule is CCOC(=O)/C=C1\CCC2C3CCc4cc(OCc5ccccc5)c(CC)cc4C3CCC12C. The fraction of sp³-hybridized carbons (Fsp3) is 0.516. The van der Waals surface area contributed by atoms with Crippen LogP contribution in [0.5, 0.6) is 5.75 Å². The van der Waals surface area contributed by atoms with Gasteiger partial charge in [0, 0.05) is 6.08 Å². The summed E-state index contributed by atoms with van der Waals surface area (Å²) in [5, 5.41) is 0. The van der Waals surface area contributed by atoms with E-state index in [2.05, 4.69) is 50.2 Å². The molecule has 2 aromatic carbocycles. The molecule has 3 nitrogen and oxygen atoms in total. The second kappa shape index (κ2) is 9.60. The number of allylic oxidation sites excluding steroid dienone is 1. The molecule has 2 fully saturated rings. The van der Waals surface area contributed by atoms with Crippen LogP contribution in [0.25, 0.3) is 0 Å². The van der Waals surface area contributed by atoms with Gasteiger partial charge >= 0.3 is 5.97 Å². The topological polar surface area (TPSA) is 35.5 Å². The normalized spacial score (nSPS) is 28.7. The average Bonchev–Trinajstić information content (AvgIpc) is 3.18. The van der Waals surface area contributed by atoms with Gasteiger partial charge in [0.05, 0.1) is 6.61 Å². The van der Waals surface area contributed by atoms with Gasteiger partial charge in [0.25, 0.3) is 0 Å². The van der Waals surface area contributed by atoms with Gasteiger partial charge in [-0.15, -0.1) is 0 Å². The van der Waals surface area contributed by atoms with E-state index < -0.39 is 0 Å². The lowest BCUT2D eigenvalue weighted by molar-refractivity contribution is -0.137. The number of carbonyl (C=O) groups is 1. The van der Waals surface area contributed by atoms with E-state index in [-0.39, 0.29) is 11.4 Å². The first kappa shape index (κ1) is 23.2. The summed E-state index contributed by atoms with van der Waals surface area (Å²) in [6, 6.07) is 15.3. The minimum Gasteiger partial charge on any atom is -0.489 e. The summed E-state index contributed by atoms with van der Waals surface area (Å²) in [5.74, 6) is 2.91. The zero-order valence-electron chi connectivity index (χ0n) is 20.9. The molecule has 0 saturated heterocycles. The van der Waals surface area contributed by atoms with Crippen LogP contribution in [0, 0.1) is 17.3 Å². The third kappa shape index (κ3) is 4.19. The summed E-state index contributed by atoms with van der Waals surface area (Å²) >= 11 is 0. The van der Waals surface area contributed by atoms with E-state index in [9.17, 15) is 4.79 Å². The summed E-state index contributed by atoms with van der Waals surface area (Å²) in [4.78, 5) is 12.2. The third-order valence-corrected chi connectivity index (χ3v) is 8.95. The maximum Gasteiger partial charge on any atom is 0.330 e. The van der Waals surface area contributed by atoms with E-state index in [0.29, 0.717) is 31.0 Å². The molecule has 0 bridgehead atoms. The molecule has 0 amide bonds. The Kier molecular flexibility index (Phi) is 6.55. The van der Waals surface area contributed by atoms with Crippen LogP contribution >= 0.6 is 0 Å². The Morgan fingerprint density at radius 3 is 2.68 bits per heavy atom. The zero-order valence-corrected chi connectivity index (χ0v) is 20.9. The molecule has 3 aliphatic carbocycles. The maximum atomic E-state index is 12.2. The highest BCUT2D eigenvalue weighted by Gasteiger charge is 2.52. The Labute approximate surface area is 204 Å². The van der Waals surface area contributed by atoms with Crippen molar-refractivity contribution < 1.29 is 14.3 Å². The Morgan fingerprint density at radius 2 is 1.91 bits per heavy atom. The molecular weight excluding hydrogens is 420 g/mol. The van der Waals surface area contributed by atoms with Crippen LogP contribution in [0.3, 0.4) is 0 Å². The highest BCUT2D eigenvalue weighted by atomic mass is 16.5. The quantitative estimate of drug-likeness (QED) is 0.340. The first-order valence-corrected chi connectivity index (χ1v) is 13.2. The minimum atomic E-state index is -0.161. The molecule has 0 aromatic heterocycles. The van der Waals surface area contributed by atoms with E-state index in [1.807, 2.05) is 19.1 Å². The molecule has 0 radical (unpaired) electrons. The Hall–Kier alpha value is -2.55. The molecule has 4 atom stereocenters. The van der Waals surface area contributed by atoms with Crippen LogP contribution in [0.2, 0.25) is 0 Å². The first-order chi connectivity index (χ1) is 16.5. The Morgan fingerprint density at radius 1 is 1.09 bits per heavy atom. The van der Waals surface area contributed by atoms with Gasteiger partial charge in [0.2, 0.25) is 0 Å². The van der Waals surface area contributed by atoms with Crippen LogP contribution < -0.4 is 4.74 Å². The van der Waals surface area contributed by atoms with Gasteiger partial charge in [0.15, 0.2) is 0 Å². The van der Waals surface area contributed by atoms with Crippen molar-refractivity contribution in [3.05, 3.63) is 76.4 Å². The molecule has 0 heterocycles. The van der Waals surface area contributed by atoms with E-state index in [4.69, 9.17) is 9.47 Å². The van der Waals surface area contributed by atoms with Gasteiger partial charge in [-0.05, 0) is 103 Å². The number of hydrogen-bond acceptors (Lipinski definition) is 3. The van der Waals surface area contributed by atoms with Crippen molar-refractivity contribution in [2.45, 2.75) is 78.2 Å². The lowest BCUT2D eigenvalue weighted by Crippen LogP contribution is -2.40. The first-order valence-electron chi connectivity index (χ1n) is 13.2. The highest BCUT2D eigenvalue weighted by molar-refractivity contribution is 5.83. The van der Waals surface area contributed by atoms with Crippen LogP contribution in [-0.4, -0.2) is 12.6 Å². The molecule has 0 aliphatic heterocycles. The van der Waals surface area contributed by atoms with Crippen LogP contribution in [0.15, 0.2) is 54.1 Å². The number of ether oxygens (including phenoxy) is 2. The van der Waals surface area contributed by atoms with Crippen molar-refractivity contribution in [1.29, 1.82) is 0 Å². The maximum absolute atomic E-state index is 12.2. The Balaban J connectivity index is 1.38. The average molecular weight is 459 g/mol. The standard InChI is InChI=1S/C31H38O3/c1-4-22-17-27-23(18-29(22)34-20-21-9-7-6-8-10-21)11-13-26-25(27)15-16-31(3)24(12-14-28(26)31)19-30(32)33-5-2/h6-10,17-19,25-26,28H,4-5,11-16,20H2,1-3H3/b24-19+. The van der Waals surface area contributed by atoms with Gasteiger partial charge in [-0.2, -0.15) is 0 Å². The van der Waals surface area contributed by atoms with Crippen molar-refractivity contribution in [2.24, 2.45) is 17.3 Å². The van der Waals surface area contributed by atoms with E-state index >= 15 is 0 Å². The van der Waals surface area contributed by atoms with Crippen LogP contribution in [0.4, 0.5) is 0 Å². The lowest BCUT2D eigenvalue weighted by Gasteiger charge is -2.49. The fourth-order valence-corrected chi connectivity index (χ4v) is 7.20. The van der Waals surface area contributed by atoms with Crippen LogP contribution in [0.1, 0.15) is 81.0 Å². The monoisotopic (exact) mass is 458 g/mol. The van der Waals surface area contributed by atoms with Crippen molar-refractivity contribution >= 4 is 5.97 Å². The van der Waals surface area contributed by atoms with E-state index in [1.54, 1.807) is 5.56 Å². The molecule has 0 spiro atoms. The number of benzene rings is 2. The van der Waals surface area contributed by atoms with Crippen molar-refractivity contribution in [1.82, 2.24) is 0 Å². The third-order valence-electron chi connectivity index (χ3n) is 8.95. The fourth-order valence-electron chi connectivity index (χ4n) is 7.20. The molecule has 180 valence electrons. The predicted octanol–water partition coefficient (Wildman–Crippen LogP) is 7.17. The van der Waals surface area contributed by atoms with Crippen molar-refractivity contribution in [3.63, 3.8) is 0 Å². The molecule has 5 rings (SSSR count). The van der Waals surface area contributed by atoms with Gasteiger partial charge in [-0.3, -0.25) is 0 Å². The largest absolute Gasteiger partial charge is 0.489 e. The second-order valence-corrected chi connectivity index (χ2v) is 10.6. The van der Waals surface area contributed by atoms with Crippen molar-refractivity contribution in [2.75, 3.05) is 6.61 Å².